The van der Waals surface area contributed by atoms with Gasteiger partial charge in [0.15, 0.2) is 0 Å². The first kappa shape index (κ1) is 19.7. The quantitative estimate of drug-likeness (QED) is 0.601. The molecule has 0 bridgehead atoms. The Morgan fingerprint density at radius 3 is 3.00 bits per heavy atom. The van der Waals surface area contributed by atoms with Crippen molar-refractivity contribution in [2.24, 2.45) is 0 Å². The fraction of sp³-hybridized carbons (Fsp3) is 0.263. The number of hydrogen-bond donors (Lipinski definition) is 2. The van der Waals surface area contributed by atoms with E-state index in [1.807, 2.05) is 17.0 Å². The van der Waals surface area contributed by atoms with Crippen LogP contribution in [0.1, 0.15) is 11.4 Å². The molecule has 0 fully saturated rings. The molecule has 2 aromatic heterocycles. The predicted octanol–water partition coefficient (Wildman–Crippen LogP) is 1.94. The van der Waals surface area contributed by atoms with E-state index in [1.54, 1.807) is 36.8 Å². The standard InChI is InChI=1S/C19H19N5O3S/c1-27-8-7-24(12-17(25)23-19-13(10-20)6-9-28-19)11-16-21-15-5-3-2-4-14(15)18(26)22-16/h2-6,9H,7-8,11-12H2,1H3,(H,23,25)(H,21,22,26). The number of anilines is 1. The van der Waals surface area contributed by atoms with Gasteiger partial charge in [-0.25, -0.2) is 4.98 Å². The monoisotopic (exact) mass is 397 g/mol. The zero-order valence-corrected chi connectivity index (χ0v) is 16.1. The lowest BCUT2D eigenvalue weighted by Crippen LogP contribution is -2.36. The van der Waals surface area contributed by atoms with Crippen molar-refractivity contribution in [3.05, 3.63) is 57.5 Å². The summed E-state index contributed by atoms with van der Waals surface area (Å²) in [6.45, 7) is 1.26. The van der Waals surface area contributed by atoms with Crippen LogP contribution in [0.3, 0.4) is 0 Å². The van der Waals surface area contributed by atoms with Crippen molar-refractivity contribution in [3.63, 3.8) is 0 Å². The summed E-state index contributed by atoms with van der Waals surface area (Å²) in [7, 11) is 1.58. The molecule has 9 heteroatoms. The van der Waals surface area contributed by atoms with Crippen molar-refractivity contribution >= 4 is 33.1 Å². The van der Waals surface area contributed by atoms with E-state index in [4.69, 9.17) is 10.00 Å². The average Bonchev–Trinajstić information content (AvgIpc) is 3.13. The predicted molar refractivity (Wildman–Crippen MR) is 107 cm³/mol. The number of thiophene rings is 1. The Hall–Kier alpha value is -3.06. The van der Waals surface area contributed by atoms with E-state index in [1.165, 1.54) is 11.3 Å². The number of rotatable bonds is 8. The van der Waals surface area contributed by atoms with Gasteiger partial charge in [0.1, 0.15) is 16.9 Å². The van der Waals surface area contributed by atoms with Crippen LogP contribution < -0.4 is 10.9 Å². The maximum Gasteiger partial charge on any atom is 0.258 e. The number of aromatic nitrogens is 2. The van der Waals surface area contributed by atoms with Crippen LogP contribution in [0, 0.1) is 11.3 Å². The second-order valence-electron chi connectivity index (χ2n) is 6.06. The number of benzene rings is 1. The number of nitrogens with one attached hydrogen (secondary N) is 2. The van der Waals surface area contributed by atoms with Crippen LogP contribution in [0.4, 0.5) is 5.00 Å². The summed E-state index contributed by atoms with van der Waals surface area (Å²) < 4.78 is 5.12. The molecule has 0 unspecified atom stereocenters. The summed E-state index contributed by atoms with van der Waals surface area (Å²) in [6, 6.07) is 10.8. The van der Waals surface area contributed by atoms with E-state index in [0.717, 1.165) is 0 Å². The van der Waals surface area contributed by atoms with Gasteiger partial charge in [-0.3, -0.25) is 14.5 Å². The first-order valence-corrected chi connectivity index (χ1v) is 9.45. The van der Waals surface area contributed by atoms with Crippen LogP contribution in [0.5, 0.6) is 0 Å². The third-order valence-electron chi connectivity index (χ3n) is 4.05. The molecule has 0 radical (unpaired) electrons. The van der Waals surface area contributed by atoms with Crippen LogP contribution >= 0.6 is 11.3 Å². The minimum atomic E-state index is -0.252. The maximum absolute atomic E-state index is 12.4. The zero-order chi connectivity index (χ0) is 19.9. The summed E-state index contributed by atoms with van der Waals surface area (Å²) >= 11 is 1.30. The van der Waals surface area contributed by atoms with E-state index < -0.39 is 0 Å². The SMILES string of the molecule is COCCN(CC(=O)Nc1sccc1C#N)Cc1nc2ccccc2c(=O)[nH]1. The van der Waals surface area contributed by atoms with Crippen molar-refractivity contribution in [1.29, 1.82) is 5.26 Å². The Balaban J connectivity index is 1.74. The highest BCUT2D eigenvalue weighted by Gasteiger charge is 2.15. The van der Waals surface area contributed by atoms with E-state index in [0.29, 0.717) is 40.4 Å². The Morgan fingerprint density at radius 2 is 2.21 bits per heavy atom. The Kier molecular flexibility index (Phi) is 6.49. The molecule has 8 nitrogen and oxygen atoms in total. The van der Waals surface area contributed by atoms with Crippen molar-refractivity contribution < 1.29 is 9.53 Å². The molecule has 0 spiro atoms. The molecule has 0 saturated carbocycles. The Morgan fingerprint density at radius 1 is 1.39 bits per heavy atom. The molecule has 28 heavy (non-hydrogen) atoms. The van der Waals surface area contributed by atoms with Crippen LogP contribution in [0.25, 0.3) is 10.9 Å². The fourth-order valence-electron chi connectivity index (χ4n) is 2.72. The van der Waals surface area contributed by atoms with Gasteiger partial charge in [-0.2, -0.15) is 5.26 Å². The van der Waals surface area contributed by atoms with Crippen molar-refractivity contribution in [3.8, 4) is 6.07 Å². The largest absolute Gasteiger partial charge is 0.383 e. The fourth-order valence-corrected chi connectivity index (χ4v) is 3.47. The molecule has 0 aliphatic rings. The molecule has 144 valence electrons. The number of methoxy groups -OCH3 is 1. The number of carbonyl (C=O) groups is 1. The van der Waals surface area contributed by atoms with E-state index in [9.17, 15) is 9.59 Å². The first-order chi connectivity index (χ1) is 13.6. The molecule has 0 saturated heterocycles. The van der Waals surface area contributed by atoms with Gasteiger partial charge in [0.25, 0.3) is 5.56 Å². The number of amides is 1. The maximum atomic E-state index is 12.4. The average molecular weight is 397 g/mol. The number of hydrogen-bond acceptors (Lipinski definition) is 7. The topological polar surface area (TPSA) is 111 Å². The van der Waals surface area contributed by atoms with E-state index in [-0.39, 0.29) is 24.6 Å². The molecule has 0 aliphatic carbocycles. The number of aromatic amines is 1. The van der Waals surface area contributed by atoms with E-state index in [2.05, 4.69) is 15.3 Å². The Bertz CT molecular complexity index is 1070. The highest BCUT2D eigenvalue weighted by atomic mass is 32.1. The zero-order valence-electron chi connectivity index (χ0n) is 15.3. The summed E-state index contributed by atoms with van der Waals surface area (Å²) in [6.07, 6.45) is 0. The van der Waals surface area contributed by atoms with Gasteiger partial charge in [-0.05, 0) is 23.6 Å². The second-order valence-corrected chi connectivity index (χ2v) is 6.97. The number of nitriles is 1. The smallest absolute Gasteiger partial charge is 0.258 e. The summed E-state index contributed by atoms with van der Waals surface area (Å²) in [4.78, 5) is 33.8. The third kappa shape index (κ3) is 4.80. The number of carbonyl (C=O) groups excluding carboxylic acids is 1. The number of ether oxygens (including phenoxy) is 1. The highest BCUT2D eigenvalue weighted by molar-refractivity contribution is 7.14. The number of nitrogens with zero attached hydrogens (tertiary/aromatic N) is 3. The van der Waals surface area contributed by atoms with Crippen LogP contribution in [-0.2, 0) is 16.1 Å². The van der Waals surface area contributed by atoms with Gasteiger partial charge in [0, 0.05) is 13.7 Å². The molecule has 1 aromatic carbocycles. The lowest BCUT2D eigenvalue weighted by molar-refractivity contribution is -0.117. The molecule has 1 amide bonds. The molecule has 3 rings (SSSR count). The van der Waals surface area contributed by atoms with Gasteiger partial charge in [-0.1, -0.05) is 12.1 Å². The molecule has 2 N–H and O–H groups in total. The summed E-state index contributed by atoms with van der Waals surface area (Å²) in [5.74, 6) is 0.222. The molecule has 0 aliphatic heterocycles. The minimum absolute atomic E-state index is 0.0721. The lowest BCUT2D eigenvalue weighted by atomic mass is 10.2. The van der Waals surface area contributed by atoms with Gasteiger partial charge in [-0.15, -0.1) is 11.3 Å². The number of para-hydroxylation sites is 1. The lowest BCUT2D eigenvalue weighted by Gasteiger charge is -2.20. The number of fused-ring (bicyclic) bond motifs is 1. The van der Waals surface area contributed by atoms with E-state index >= 15 is 0 Å². The van der Waals surface area contributed by atoms with Gasteiger partial charge in [0.05, 0.1) is 36.2 Å². The molecule has 0 atom stereocenters. The van der Waals surface area contributed by atoms with Crippen LogP contribution in [-0.4, -0.2) is 47.6 Å². The minimum Gasteiger partial charge on any atom is -0.383 e. The van der Waals surface area contributed by atoms with Crippen molar-refractivity contribution in [1.82, 2.24) is 14.9 Å². The van der Waals surface area contributed by atoms with Gasteiger partial charge < -0.3 is 15.0 Å². The molecule has 2 heterocycles. The van der Waals surface area contributed by atoms with Crippen molar-refractivity contribution in [2.75, 3.05) is 32.1 Å². The molecule has 3 aromatic rings. The summed E-state index contributed by atoms with van der Waals surface area (Å²) in [5, 5.41) is 14.6. The third-order valence-corrected chi connectivity index (χ3v) is 4.88. The normalized spacial score (nSPS) is 10.9. The molecular weight excluding hydrogens is 378 g/mol. The van der Waals surface area contributed by atoms with Gasteiger partial charge in [0.2, 0.25) is 5.91 Å². The molecular formula is C19H19N5O3S. The Labute approximate surface area is 165 Å². The van der Waals surface area contributed by atoms with Crippen LogP contribution in [0.15, 0.2) is 40.5 Å². The second kappa shape index (κ2) is 9.23. The van der Waals surface area contributed by atoms with Crippen LogP contribution in [0.2, 0.25) is 0 Å². The van der Waals surface area contributed by atoms with Gasteiger partial charge >= 0.3 is 0 Å². The summed E-state index contributed by atoms with van der Waals surface area (Å²) in [5.41, 5.74) is 0.825. The first-order valence-electron chi connectivity index (χ1n) is 8.57. The highest BCUT2D eigenvalue weighted by Crippen LogP contribution is 2.22. The number of H-pyrrole nitrogens is 1. The van der Waals surface area contributed by atoms with Crippen molar-refractivity contribution in [2.45, 2.75) is 6.54 Å².